The van der Waals surface area contributed by atoms with E-state index in [1.165, 1.54) is 0 Å². The van der Waals surface area contributed by atoms with E-state index >= 15 is 0 Å². The average molecular weight is 506 g/mol. The van der Waals surface area contributed by atoms with E-state index in [9.17, 15) is 4.79 Å². The minimum Gasteiger partial charge on any atom is -0.462 e. The Bertz CT molecular complexity index is 1300. The van der Waals surface area contributed by atoms with E-state index in [4.69, 9.17) is 9.73 Å². The van der Waals surface area contributed by atoms with Gasteiger partial charge in [-0.15, -0.1) is 0 Å². The van der Waals surface area contributed by atoms with Gasteiger partial charge in [0, 0.05) is 11.3 Å². The molecule has 0 radical (unpaired) electrons. The SMILES string of the molecule is C=C/C(=C\C(=C/C)C(=O)OCC)C(=C)/N=C(/CCC(=C)/C=C\C=C/C)c1c(C)cccc1-c1ccccc1. The molecule has 0 aliphatic carbocycles. The number of aryl methyl sites for hydroxylation is 1. The van der Waals surface area contributed by atoms with Crippen LogP contribution in [0.1, 0.15) is 44.7 Å². The highest BCUT2D eigenvalue weighted by molar-refractivity contribution is 6.08. The first kappa shape index (κ1) is 30.0. The van der Waals surface area contributed by atoms with Crippen molar-refractivity contribution in [2.75, 3.05) is 6.61 Å². The van der Waals surface area contributed by atoms with E-state index in [-0.39, 0.29) is 5.97 Å². The number of carbonyl (C=O) groups is 1. The fraction of sp³-hybridized carbons (Fsp3) is 0.200. The lowest BCUT2D eigenvalue weighted by Crippen LogP contribution is -2.08. The van der Waals surface area contributed by atoms with Crippen molar-refractivity contribution in [3.63, 3.8) is 0 Å². The zero-order valence-corrected chi connectivity index (χ0v) is 23.2. The van der Waals surface area contributed by atoms with E-state index in [1.807, 2.05) is 49.4 Å². The van der Waals surface area contributed by atoms with Crippen molar-refractivity contribution in [1.29, 1.82) is 0 Å². The molecule has 0 bridgehead atoms. The van der Waals surface area contributed by atoms with Crippen molar-refractivity contribution in [1.82, 2.24) is 0 Å². The molecule has 0 N–H and O–H groups in total. The topological polar surface area (TPSA) is 38.7 Å². The van der Waals surface area contributed by atoms with Crippen molar-refractivity contribution in [3.8, 4) is 11.1 Å². The molecule has 0 saturated heterocycles. The van der Waals surface area contributed by atoms with Gasteiger partial charge in [-0.1, -0.05) is 110 Å². The minimum atomic E-state index is -0.388. The predicted octanol–water partition coefficient (Wildman–Crippen LogP) is 9.06. The molecule has 0 unspecified atom stereocenters. The van der Waals surface area contributed by atoms with Gasteiger partial charge >= 0.3 is 5.97 Å². The van der Waals surface area contributed by atoms with Crippen molar-refractivity contribution in [2.24, 2.45) is 4.99 Å². The molecular formula is C35H39NO2. The molecule has 2 aromatic carbocycles. The minimum absolute atomic E-state index is 0.304. The Balaban J connectivity index is 2.61. The van der Waals surface area contributed by atoms with Gasteiger partial charge < -0.3 is 4.74 Å². The van der Waals surface area contributed by atoms with Gasteiger partial charge in [-0.05, 0) is 68.9 Å². The molecule has 2 aromatic rings. The molecule has 0 atom stereocenters. The number of carbonyl (C=O) groups excluding carboxylic acids is 1. The third-order valence-electron chi connectivity index (χ3n) is 5.92. The van der Waals surface area contributed by atoms with Gasteiger partial charge in [0.05, 0.1) is 17.9 Å². The molecule has 3 nitrogen and oxygen atoms in total. The van der Waals surface area contributed by atoms with Crippen LogP contribution in [0.4, 0.5) is 0 Å². The van der Waals surface area contributed by atoms with Crippen molar-refractivity contribution in [2.45, 2.75) is 40.5 Å². The van der Waals surface area contributed by atoms with Crippen molar-refractivity contribution in [3.05, 3.63) is 144 Å². The van der Waals surface area contributed by atoms with Crippen LogP contribution in [0.15, 0.2) is 138 Å². The predicted molar refractivity (Wildman–Crippen MR) is 163 cm³/mol. The quantitative estimate of drug-likeness (QED) is 0.118. The summed E-state index contributed by atoms with van der Waals surface area (Å²) in [5.74, 6) is -0.388. The first-order chi connectivity index (χ1) is 18.4. The lowest BCUT2D eigenvalue weighted by atomic mass is 9.90. The van der Waals surface area contributed by atoms with Crippen LogP contribution >= 0.6 is 0 Å². The summed E-state index contributed by atoms with van der Waals surface area (Å²) in [6.45, 7) is 20.4. The number of benzene rings is 2. The second-order valence-corrected chi connectivity index (χ2v) is 8.68. The maximum atomic E-state index is 12.4. The molecule has 0 aliphatic heterocycles. The molecule has 0 amide bonds. The second-order valence-electron chi connectivity index (χ2n) is 8.68. The summed E-state index contributed by atoms with van der Waals surface area (Å²) < 4.78 is 5.18. The van der Waals surface area contributed by atoms with Crippen LogP contribution in [0, 0.1) is 6.92 Å². The zero-order valence-electron chi connectivity index (χ0n) is 23.2. The standard InChI is InChI=1S/C35H39NO2/c1-8-12-14-18-26(5)23-24-33(34-27(6)19-17-22-32(34)31-20-15-13-16-21-31)36-28(7)29(9-2)25-30(10-3)35(37)38-11-4/h8-10,12-22,25H,2,5,7,11,23-24H2,1,3-4,6H3/b12-8-,18-14-,29-25+,30-10+,36-33-. The summed E-state index contributed by atoms with van der Waals surface area (Å²) in [5, 5.41) is 0. The maximum absolute atomic E-state index is 12.4. The van der Waals surface area contributed by atoms with Gasteiger partial charge in [0.1, 0.15) is 0 Å². The number of ether oxygens (including phenoxy) is 1. The normalized spacial score (nSPS) is 12.7. The highest BCUT2D eigenvalue weighted by Crippen LogP contribution is 2.30. The molecule has 0 spiro atoms. The van der Waals surface area contributed by atoms with Crippen LogP contribution in [0.5, 0.6) is 0 Å². The summed E-state index contributed by atoms with van der Waals surface area (Å²) >= 11 is 0. The van der Waals surface area contributed by atoms with Gasteiger partial charge in [0.15, 0.2) is 0 Å². The van der Waals surface area contributed by atoms with Crippen molar-refractivity contribution >= 4 is 11.7 Å². The highest BCUT2D eigenvalue weighted by atomic mass is 16.5. The van der Waals surface area contributed by atoms with Gasteiger partial charge in [-0.3, -0.25) is 4.99 Å². The number of allylic oxidation sites excluding steroid dienone is 7. The summed E-state index contributed by atoms with van der Waals surface area (Å²) in [5.41, 5.74) is 7.95. The number of aliphatic imine (C=N–C) groups is 1. The Labute approximate surface area is 228 Å². The number of rotatable bonds is 13. The summed E-state index contributed by atoms with van der Waals surface area (Å²) in [7, 11) is 0. The first-order valence-electron chi connectivity index (χ1n) is 12.9. The van der Waals surface area contributed by atoms with E-state index in [0.29, 0.717) is 29.9 Å². The lowest BCUT2D eigenvalue weighted by Gasteiger charge is -2.17. The molecule has 0 aromatic heterocycles. The van der Waals surface area contributed by atoms with E-state index in [0.717, 1.165) is 40.0 Å². The molecule has 0 aliphatic rings. The monoisotopic (exact) mass is 505 g/mol. The fourth-order valence-corrected chi connectivity index (χ4v) is 3.94. The zero-order chi connectivity index (χ0) is 27.9. The molecule has 0 heterocycles. The Kier molecular flexibility index (Phi) is 12.5. The molecular weight excluding hydrogens is 466 g/mol. The van der Waals surface area contributed by atoms with Gasteiger partial charge in [0.25, 0.3) is 0 Å². The molecule has 196 valence electrons. The summed E-state index contributed by atoms with van der Waals surface area (Å²) in [6.07, 6.45) is 14.5. The Morgan fingerprint density at radius 3 is 2.34 bits per heavy atom. The van der Waals surface area contributed by atoms with Crippen LogP contribution in [0.3, 0.4) is 0 Å². The third-order valence-corrected chi connectivity index (χ3v) is 5.92. The average Bonchev–Trinajstić information content (AvgIpc) is 2.92. The van der Waals surface area contributed by atoms with Crippen molar-refractivity contribution < 1.29 is 9.53 Å². The van der Waals surface area contributed by atoms with Gasteiger partial charge in [-0.25, -0.2) is 4.79 Å². The summed E-state index contributed by atoms with van der Waals surface area (Å²) in [6, 6.07) is 16.6. The number of hydrogen-bond donors (Lipinski definition) is 0. The van der Waals surface area contributed by atoms with Crippen LogP contribution in [-0.4, -0.2) is 18.3 Å². The van der Waals surface area contributed by atoms with E-state index in [1.54, 1.807) is 32.1 Å². The van der Waals surface area contributed by atoms with Gasteiger partial charge in [-0.2, -0.15) is 0 Å². The Morgan fingerprint density at radius 1 is 0.974 bits per heavy atom. The Morgan fingerprint density at radius 2 is 1.71 bits per heavy atom. The van der Waals surface area contributed by atoms with Gasteiger partial charge in [0.2, 0.25) is 0 Å². The third kappa shape index (κ3) is 8.70. The van der Waals surface area contributed by atoms with E-state index in [2.05, 4.69) is 57.0 Å². The molecule has 38 heavy (non-hydrogen) atoms. The summed E-state index contributed by atoms with van der Waals surface area (Å²) in [4.78, 5) is 17.4. The molecule has 3 heteroatoms. The van der Waals surface area contributed by atoms with Crippen LogP contribution in [0.2, 0.25) is 0 Å². The second kappa shape index (κ2) is 15.8. The Hall–Kier alpha value is -4.24. The number of esters is 1. The fourth-order valence-electron chi connectivity index (χ4n) is 3.94. The molecule has 2 rings (SSSR count). The van der Waals surface area contributed by atoms with Crippen LogP contribution in [-0.2, 0) is 9.53 Å². The van der Waals surface area contributed by atoms with E-state index < -0.39 is 0 Å². The first-order valence-corrected chi connectivity index (χ1v) is 12.9. The number of nitrogens with zero attached hydrogens (tertiary/aromatic N) is 1. The smallest absolute Gasteiger partial charge is 0.337 e. The van der Waals surface area contributed by atoms with Crippen LogP contribution in [0.25, 0.3) is 11.1 Å². The molecule has 0 saturated carbocycles. The largest absolute Gasteiger partial charge is 0.462 e. The van der Waals surface area contributed by atoms with Crippen LogP contribution < -0.4 is 0 Å². The maximum Gasteiger partial charge on any atom is 0.337 e. The number of hydrogen-bond acceptors (Lipinski definition) is 3. The highest BCUT2D eigenvalue weighted by Gasteiger charge is 2.16. The molecule has 0 fully saturated rings. The lowest BCUT2D eigenvalue weighted by molar-refractivity contribution is -0.138.